The van der Waals surface area contributed by atoms with E-state index in [-0.39, 0.29) is 5.69 Å². The molecule has 86 valence electrons. The van der Waals surface area contributed by atoms with Gasteiger partial charge in [0.15, 0.2) is 6.20 Å². The molecule has 2 aromatic rings. The summed E-state index contributed by atoms with van der Waals surface area (Å²) in [6.07, 6.45) is 4.39. The van der Waals surface area contributed by atoms with Crippen molar-refractivity contribution in [2.24, 2.45) is 0 Å². The first-order valence-electron chi connectivity index (χ1n) is 4.77. The van der Waals surface area contributed by atoms with Gasteiger partial charge in [-0.05, 0) is 28.1 Å². The Kier molecular flexibility index (Phi) is 3.34. The molecule has 0 aromatic carbocycles. The quantitative estimate of drug-likeness (QED) is 0.677. The van der Waals surface area contributed by atoms with Gasteiger partial charge in [-0.25, -0.2) is 0 Å². The molecular weight excluding hydrogens is 286 g/mol. The average Bonchev–Trinajstić information content (AvgIpc) is 2.32. The van der Waals surface area contributed by atoms with Gasteiger partial charge in [0, 0.05) is 24.5 Å². The Balaban J connectivity index is 2.24. The van der Waals surface area contributed by atoms with Crippen molar-refractivity contribution >= 4 is 27.5 Å². The number of nitrogens with zero attached hydrogens (tertiary/aromatic N) is 2. The minimum atomic E-state index is -0.465. The molecular formula is C11H8BrN3O2. The molecule has 2 aromatic heterocycles. The summed E-state index contributed by atoms with van der Waals surface area (Å²) in [6, 6.07) is 6.29. The lowest BCUT2D eigenvalue weighted by atomic mass is 10.3. The van der Waals surface area contributed by atoms with Gasteiger partial charge >= 0.3 is 5.91 Å². The summed E-state index contributed by atoms with van der Waals surface area (Å²) in [6.45, 7) is 0. The van der Waals surface area contributed by atoms with Gasteiger partial charge in [-0.2, -0.15) is 4.73 Å². The molecule has 0 aliphatic carbocycles. The Morgan fingerprint density at radius 3 is 2.94 bits per heavy atom. The molecule has 0 fully saturated rings. The summed E-state index contributed by atoms with van der Waals surface area (Å²) in [5.74, 6) is -0.465. The maximum absolute atomic E-state index is 11.8. The lowest BCUT2D eigenvalue weighted by Gasteiger charge is -2.06. The number of pyridine rings is 2. The number of halogens is 1. The van der Waals surface area contributed by atoms with Crippen LogP contribution in [0.4, 0.5) is 5.69 Å². The molecule has 0 atom stereocenters. The number of carbonyl (C=O) groups excluding carboxylic acids is 1. The highest BCUT2D eigenvalue weighted by molar-refractivity contribution is 9.10. The molecule has 0 aliphatic heterocycles. The third-order valence-corrected chi connectivity index (χ3v) is 2.71. The highest BCUT2D eigenvalue weighted by Gasteiger charge is 2.15. The molecule has 1 amide bonds. The first kappa shape index (κ1) is 11.5. The Morgan fingerprint density at radius 2 is 2.24 bits per heavy atom. The van der Waals surface area contributed by atoms with Crippen LogP contribution < -0.4 is 10.0 Å². The van der Waals surface area contributed by atoms with Gasteiger partial charge in [0.05, 0.1) is 10.2 Å². The van der Waals surface area contributed by atoms with Crippen LogP contribution in [0.15, 0.2) is 47.3 Å². The highest BCUT2D eigenvalue weighted by atomic mass is 79.9. The fourth-order valence-corrected chi connectivity index (χ4v) is 1.62. The third-order valence-electron chi connectivity index (χ3n) is 2.08. The topological polar surface area (TPSA) is 68.9 Å². The average molecular weight is 294 g/mol. The Labute approximate surface area is 106 Å². The molecule has 6 heteroatoms. The van der Waals surface area contributed by atoms with Gasteiger partial charge in [0.2, 0.25) is 0 Å². The zero-order valence-electron chi connectivity index (χ0n) is 8.63. The van der Waals surface area contributed by atoms with E-state index in [9.17, 15) is 10.0 Å². The van der Waals surface area contributed by atoms with E-state index in [0.717, 1.165) is 0 Å². The molecule has 17 heavy (non-hydrogen) atoms. The summed E-state index contributed by atoms with van der Waals surface area (Å²) < 4.78 is 1.17. The van der Waals surface area contributed by atoms with Crippen LogP contribution in [0.3, 0.4) is 0 Å². The van der Waals surface area contributed by atoms with Gasteiger partial charge in [0.25, 0.3) is 5.69 Å². The van der Waals surface area contributed by atoms with E-state index < -0.39 is 5.91 Å². The molecule has 0 unspecified atom stereocenters. The molecule has 0 radical (unpaired) electrons. The van der Waals surface area contributed by atoms with Crippen LogP contribution >= 0.6 is 15.9 Å². The molecule has 0 aliphatic rings. The number of anilines is 1. The van der Waals surface area contributed by atoms with Crippen LogP contribution in [0.25, 0.3) is 0 Å². The van der Waals surface area contributed by atoms with Crippen LogP contribution in [-0.4, -0.2) is 10.9 Å². The smallest absolute Gasteiger partial charge is 0.321 e. The predicted molar refractivity (Wildman–Crippen MR) is 65.3 cm³/mol. The summed E-state index contributed by atoms with van der Waals surface area (Å²) in [4.78, 5) is 15.7. The highest BCUT2D eigenvalue weighted by Crippen LogP contribution is 2.20. The van der Waals surface area contributed by atoms with Crippen LogP contribution in [0.2, 0.25) is 0 Å². The van der Waals surface area contributed by atoms with Crippen LogP contribution in [-0.2, 0) is 0 Å². The van der Waals surface area contributed by atoms with E-state index in [1.54, 1.807) is 30.6 Å². The van der Waals surface area contributed by atoms with E-state index in [1.165, 1.54) is 12.3 Å². The number of rotatable bonds is 2. The van der Waals surface area contributed by atoms with Gasteiger partial charge in [0.1, 0.15) is 0 Å². The predicted octanol–water partition coefficient (Wildman–Crippen LogP) is 1.73. The van der Waals surface area contributed by atoms with Crippen molar-refractivity contribution in [3.63, 3.8) is 0 Å². The summed E-state index contributed by atoms with van der Waals surface area (Å²) in [7, 11) is 0. The number of hydrogen-bond donors (Lipinski definition) is 1. The molecule has 0 bridgehead atoms. The standard InChI is InChI=1S/C11H8BrN3O2/c12-8-7-13-5-4-9(8)14-11(16)10-3-1-2-6-15(10)17/h1-7H,(H,13,14,16). The third kappa shape index (κ3) is 2.59. The molecule has 2 rings (SSSR count). The minimum Gasteiger partial charge on any atom is -0.618 e. The molecule has 0 saturated carbocycles. The van der Waals surface area contributed by atoms with Crippen molar-refractivity contribution in [3.8, 4) is 0 Å². The second kappa shape index (κ2) is 4.92. The van der Waals surface area contributed by atoms with Gasteiger partial charge in [-0.3, -0.25) is 9.78 Å². The number of nitrogens with one attached hydrogen (secondary N) is 1. The van der Waals surface area contributed by atoms with Crippen LogP contribution in [0.1, 0.15) is 10.5 Å². The summed E-state index contributed by atoms with van der Waals surface area (Å²) in [5.41, 5.74) is 0.602. The molecule has 1 N–H and O–H groups in total. The van der Waals surface area contributed by atoms with Crippen molar-refractivity contribution in [2.45, 2.75) is 0 Å². The van der Waals surface area contributed by atoms with E-state index in [1.807, 2.05) is 0 Å². The number of hydrogen-bond acceptors (Lipinski definition) is 3. The molecule has 2 heterocycles. The van der Waals surface area contributed by atoms with Gasteiger partial charge in [-0.15, -0.1) is 0 Å². The van der Waals surface area contributed by atoms with E-state index in [4.69, 9.17) is 0 Å². The van der Waals surface area contributed by atoms with Crippen molar-refractivity contribution in [1.29, 1.82) is 0 Å². The maximum Gasteiger partial charge on any atom is 0.321 e. The number of amides is 1. The maximum atomic E-state index is 11.8. The van der Waals surface area contributed by atoms with Crippen molar-refractivity contribution in [2.75, 3.05) is 5.32 Å². The second-order valence-electron chi connectivity index (χ2n) is 3.22. The van der Waals surface area contributed by atoms with Crippen LogP contribution in [0.5, 0.6) is 0 Å². The monoisotopic (exact) mass is 293 g/mol. The fourth-order valence-electron chi connectivity index (χ4n) is 1.27. The van der Waals surface area contributed by atoms with Gasteiger partial charge in [-0.1, -0.05) is 0 Å². The number of aromatic nitrogens is 2. The largest absolute Gasteiger partial charge is 0.618 e. The zero-order valence-corrected chi connectivity index (χ0v) is 10.2. The Morgan fingerprint density at radius 1 is 1.41 bits per heavy atom. The Bertz CT molecular complexity index is 560. The molecule has 0 saturated heterocycles. The SMILES string of the molecule is O=C(Nc1ccncc1Br)c1cccc[n+]1[O-]. The lowest BCUT2D eigenvalue weighted by molar-refractivity contribution is -0.607. The zero-order chi connectivity index (χ0) is 12.3. The van der Waals surface area contributed by atoms with Gasteiger partial charge < -0.3 is 10.5 Å². The molecule has 0 spiro atoms. The number of carbonyl (C=O) groups is 1. The van der Waals surface area contributed by atoms with Crippen molar-refractivity contribution < 1.29 is 9.52 Å². The lowest BCUT2D eigenvalue weighted by Crippen LogP contribution is -2.36. The van der Waals surface area contributed by atoms with E-state index >= 15 is 0 Å². The second-order valence-corrected chi connectivity index (χ2v) is 4.08. The fraction of sp³-hybridized carbons (Fsp3) is 0. The first-order chi connectivity index (χ1) is 8.18. The van der Waals surface area contributed by atoms with Crippen molar-refractivity contribution in [1.82, 2.24) is 4.98 Å². The molecule has 5 nitrogen and oxygen atoms in total. The Hall–Kier alpha value is -1.95. The first-order valence-corrected chi connectivity index (χ1v) is 5.57. The van der Waals surface area contributed by atoms with Crippen LogP contribution in [0, 0.1) is 5.21 Å². The summed E-state index contributed by atoms with van der Waals surface area (Å²) >= 11 is 3.25. The van der Waals surface area contributed by atoms with E-state index in [0.29, 0.717) is 14.9 Å². The van der Waals surface area contributed by atoms with Crippen molar-refractivity contribution in [3.05, 3.63) is 58.2 Å². The minimum absolute atomic E-state index is 0.0382. The summed E-state index contributed by atoms with van der Waals surface area (Å²) in [5, 5.41) is 14.0. The normalized spacial score (nSPS) is 9.94. The van der Waals surface area contributed by atoms with E-state index in [2.05, 4.69) is 26.2 Å².